The van der Waals surface area contributed by atoms with E-state index in [0.717, 1.165) is 35.1 Å². The van der Waals surface area contributed by atoms with Gasteiger partial charge in [-0.1, -0.05) is 18.2 Å². The van der Waals surface area contributed by atoms with Crippen molar-refractivity contribution in [3.8, 4) is 17.3 Å². The molecule has 1 atom stereocenters. The van der Waals surface area contributed by atoms with Crippen molar-refractivity contribution in [3.05, 3.63) is 59.1 Å². The molecule has 3 rings (SSSR count). The first-order valence-electron chi connectivity index (χ1n) is 11.1. The van der Waals surface area contributed by atoms with Gasteiger partial charge in [-0.15, -0.1) is 0 Å². The SMILES string of the molecule is CCN(CC)c1ccc2cc(-c3ccc(C=C(C#N)S(=O)(=O)NCC(O)CO)n3C)ccc2c1. The van der Waals surface area contributed by atoms with Crippen LogP contribution in [0.1, 0.15) is 19.5 Å². The van der Waals surface area contributed by atoms with Crippen LogP contribution >= 0.6 is 0 Å². The third kappa shape index (κ3) is 5.48. The molecule has 0 aliphatic carbocycles. The van der Waals surface area contributed by atoms with Gasteiger partial charge in [0.1, 0.15) is 6.07 Å². The van der Waals surface area contributed by atoms with E-state index < -0.39 is 27.6 Å². The second-order valence-corrected chi connectivity index (χ2v) is 9.67. The fourth-order valence-corrected chi connectivity index (χ4v) is 4.76. The quantitative estimate of drug-likeness (QED) is 0.383. The lowest BCUT2D eigenvalue weighted by molar-refractivity contribution is 0.0989. The van der Waals surface area contributed by atoms with Gasteiger partial charge in [-0.25, -0.2) is 13.1 Å². The molecule has 0 radical (unpaired) electrons. The third-order valence-electron chi connectivity index (χ3n) is 5.81. The number of fused-ring (bicyclic) bond motifs is 1. The Hall–Kier alpha value is -3.16. The predicted octanol–water partition coefficient (Wildman–Crippen LogP) is 2.83. The van der Waals surface area contributed by atoms with Gasteiger partial charge in [0.15, 0.2) is 4.91 Å². The van der Waals surface area contributed by atoms with E-state index in [4.69, 9.17) is 5.11 Å². The minimum Gasteiger partial charge on any atom is -0.394 e. The first kappa shape index (κ1) is 25.5. The van der Waals surface area contributed by atoms with Crippen LogP contribution in [-0.2, 0) is 17.1 Å². The molecular formula is C25H30N4O4S. The van der Waals surface area contributed by atoms with Crippen LogP contribution in [0.4, 0.5) is 5.69 Å². The molecule has 0 saturated carbocycles. The van der Waals surface area contributed by atoms with Crippen molar-refractivity contribution in [2.75, 3.05) is 31.1 Å². The zero-order valence-electron chi connectivity index (χ0n) is 19.6. The van der Waals surface area contributed by atoms with Crippen molar-refractivity contribution < 1.29 is 18.6 Å². The molecule has 1 aromatic heterocycles. The minimum absolute atomic E-state index is 0.386. The monoisotopic (exact) mass is 482 g/mol. The van der Waals surface area contributed by atoms with E-state index in [1.54, 1.807) is 19.2 Å². The molecular weight excluding hydrogens is 452 g/mol. The van der Waals surface area contributed by atoms with Gasteiger partial charge in [-0.05, 0) is 66.6 Å². The maximum atomic E-state index is 12.4. The van der Waals surface area contributed by atoms with Crippen molar-refractivity contribution in [1.29, 1.82) is 5.26 Å². The lowest BCUT2D eigenvalue weighted by Crippen LogP contribution is -2.34. The summed E-state index contributed by atoms with van der Waals surface area (Å²) in [4.78, 5) is 1.82. The molecule has 1 heterocycles. The number of anilines is 1. The van der Waals surface area contributed by atoms with Gasteiger partial charge in [0.25, 0.3) is 10.0 Å². The molecule has 0 bridgehead atoms. The number of nitrogens with one attached hydrogen (secondary N) is 1. The maximum Gasteiger partial charge on any atom is 0.250 e. The normalized spacial score (nSPS) is 13.1. The van der Waals surface area contributed by atoms with E-state index in [9.17, 15) is 18.8 Å². The number of aliphatic hydroxyl groups excluding tert-OH is 2. The highest BCUT2D eigenvalue weighted by molar-refractivity contribution is 7.93. The third-order valence-corrected chi connectivity index (χ3v) is 7.14. The van der Waals surface area contributed by atoms with Crippen molar-refractivity contribution in [3.63, 3.8) is 0 Å². The Kier molecular flexibility index (Phi) is 8.12. The Bertz CT molecular complexity index is 1330. The summed E-state index contributed by atoms with van der Waals surface area (Å²) >= 11 is 0. The average Bonchev–Trinajstić information content (AvgIpc) is 3.21. The molecule has 3 aromatic rings. The van der Waals surface area contributed by atoms with Gasteiger partial charge in [0.2, 0.25) is 0 Å². The Morgan fingerprint density at radius 2 is 1.82 bits per heavy atom. The molecule has 0 aliphatic rings. The van der Waals surface area contributed by atoms with Crippen LogP contribution in [0.2, 0.25) is 0 Å². The molecule has 0 saturated heterocycles. The van der Waals surface area contributed by atoms with Crippen molar-refractivity contribution in [1.82, 2.24) is 9.29 Å². The van der Waals surface area contributed by atoms with Crippen molar-refractivity contribution >= 4 is 32.6 Å². The lowest BCUT2D eigenvalue weighted by Gasteiger charge is -2.21. The zero-order chi connectivity index (χ0) is 24.9. The van der Waals surface area contributed by atoms with E-state index in [0.29, 0.717) is 5.69 Å². The Morgan fingerprint density at radius 3 is 2.47 bits per heavy atom. The molecule has 0 fully saturated rings. The molecule has 34 heavy (non-hydrogen) atoms. The van der Waals surface area contributed by atoms with E-state index in [1.807, 2.05) is 16.7 Å². The second-order valence-electron chi connectivity index (χ2n) is 7.93. The van der Waals surface area contributed by atoms with Gasteiger partial charge in [-0.2, -0.15) is 5.26 Å². The van der Waals surface area contributed by atoms with E-state index in [1.165, 1.54) is 11.8 Å². The lowest BCUT2D eigenvalue weighted by atomic mass is 10.0. The molecule has 1 unspecified atom stereocenters. The highest BCUT2D eigenvalue weighted by Crippen LogP contribution is 2.29. The summed E-state index contributed by atoms with van der Waals surface area (Å²) in [6, 6.07) is 17.9. The summed E-state index contributed by atoms with van der Waals surface area (Å²) in [6.07, 6.45) is 0.0431. The number of benzene rings is 2. The van der Waals surface area contributed by atoms with Crippen LogP contribution in [0, 0.1) is 11.3 Å². The molecule has 0 aliphatic heterocycles. The van der Waals surface area contributed by atoms with Gasteiger partial charge >= 0.3 is 0 Å². The Morgan fingerprint density at radius 1 is 1.15 bits per heavy atom. The highest BCUT2D eigenvalue weighted by Gasteiger charge is 2.20. The number of aliphatic hydroxyl groups is 2. The van der Waals surface area contributed by atoms with Gasteiger partial charge in [0, 0.05) is 43.8 Å². The predicted molar refractivity (Wildman–Crippen MR) is 136 cm³/mol. The Balaban J connectivity index is 1.92. The number of hydrogen-bond acceptors (Lipinski definition) is 6. The van der Waals surface area contributed by atoms with E-state index >= 15 is 0 Å². The van der Waals surface area contributed by atoms with Gasteiger partial charge < -0.3 is 19.7 Å². The van der Waals surface area contributed by atoms with Crippen LogP contribution in [-0.4, -0.2) is 55.5 Å². The summed E-state index contributed by atoms with van der Waals surface area (Å²) in [5.74, 6) is 0. The smallest absolute Gasteiger partial charge is 0.250 e. The van der Waals surface area contributed by atoms with Gasteiger partial charge in [-0.3, -0.25) is 0 Å². The number of allylic oxidation sites excluding steroid dienone is 1. The van der Waals surface area contributed by atoms with Gasteiger partial charge in [0.05, 0.1) is 12.7 Å². The van der Waals surface area contributed by atoms with E-state index in [-0.39, 0.29) is 6.54 Å². The maximum absolute atomic E-state index is 12.4. The van der Waals surface area contributed by atoms with Crippen molar-refractivity contribution in [2.24, 2.45) is 7.05 Å². The number of sulfonamides is 1. The molecule has 0 spiro atoms. The number of hydrogen-bond donors (Lipinski definition) is 3. The number of aromatic nitrogens is 1. The fourth-order valence-electron chi connectivity index (χ4n) is 3.79. The molecule has 9 heteroatoms. The van der Waals surface area contributed by atoms with Crippen LogP contribution in [0.3, 0.4) is 0 Å². The summed E-state index contributed by atoms with van der Waals surface area (Å²) in [6.45, 7) is 5.18. The molecule has 3 N–H and O–H groups in total. The fraction of sp³-hybridized carbons (Fsp3) is 0.320. The van der Waals surface area contributed by atoms with Crippen molar-refractivity contribution in [2.45, 2.75) is 20.0 Å². The van der Waals surface area contributed by atoms with E-state index in [2.05, 4.69) is 53.8 Å². The second kappa shape index (κ2) is 10.8. The Labute approximate surface area is 200 Å². The zero-order valence-corrected chi connectivity index (χ0v) is 20.4. The first-order valence-corrected chi connectivity index (χ1v) is 12.6. The topological polar surface area (TPSA) is 119 Å². The van der Waals surface area contributed by atoms with Crippen LogP contribution < -0.4 is 9.62 Å². The van der Waals surface area contributed by atoms with Crippen LogP contribution in [0.15, 0.2) is 53.4 Å². The summed E-state index contributed by atoms with van der Waals surface area (Å²) < 4.78 is 28.8. The minimum atomic E-state index is -4.13. The van der Waals surface area contributed by atoms with Crippen LogP contribution in [0.5, 0.6) is 0 Å². The summed E-state index contributed by atoms with van der Waals surface area (Å²) in [5.41, 5.74) is 3.56. The molecule has 0 amide bonds. The highest BCUT2D eigenvalue weighted by atomic mass is 32.2. The van der Waals surface area contributed by atoms with Crippen LogP contribution in [0.25, 0.3) is 28.1 Å². The first-order chi connectivity index (χ1) is 16.2. The molecule has 180 valence electrons. The number of rotatable bonds is 10. The summed E-state index contributed by atoms with van der Waals surface area (Å²) in [5, 5.41) is 29.9. The summed E-state index contributed by atoms with van der Waals surface area (Å²) in [7, 11) is -2.33. The average molecular weight is 483 g/mol. The molecule has 2 aromatic carbocycles. The number of nitriles is 1. The molecule has 8 nitrogen and oxygen atoms in total. The largest absolute Gasteiger partial charge is 0.394 e. The standard InChI is InChI=1S/C25H30N4O4S/c1-4-29(5-2)22-9-8-18-12-20(7-6-19(18)13-22)25-11-10-21(28(25)3)14-24(15-26)34(32,33)27-16-23(31)17-30/h6-14,23,27,30-31H,4-5,16-17H2,1-3H3. The number of nitrogens with zero attached hydrogens (tertiary/aromatic N) is 3.